The van der Waals surface area contributed by atoms with E-state index in [2.05, 4.69) is 51.9 Å². The molecule has 220 valence electrons. The lowest BCUT2D eigenvalue weighted by atomic mass is 9.91. The fourth-order valence-electron chi connectivity index (χ4n) is 4.62. The topological polar surface area (TPSA) is 98.8 Å². The first kappa shape index (κ1) is 30.2. The van der Waals surface area contributed by atoms with Crippen LogP contribution in [0.5, 0.6) is 5.75 Å². The molecule has 1 amide bonds. The smallest absolute Gasteiger partial charge is 0.387 e. The van der Waals surface area contributed by atoms with Crippen molar-refractivity contribution in [2.75, 3.05) is 61.2 Å². The molecule has 10 nitrogen and oxygen atoms in total. The number of aromatic nitrogens is 3. The predicted octanol–water partition coefficient (Wildman–Crippen LogP) is 4.75. The first-order chi connectivity index (χ1) is 19.9. The van der Waals surface area contributed by atoms with Gasteiger partial charge >= 0.3 is 6.61 Å². The predicted molar refractivity (Wildman–Crippen MR) is 161 cm³/mol. The first-order valence-corrected chi connectivity index (χ1v) is 13.2. The van der Waals surface area contributed by atoms with Crippen molar-refractivity contribution in [1.82, 2.24) is 19.9 Å². The Morgan fingerprint density at radius 2 is 1.98 bits per heavy atom. The Hall–Kier alpha value is -4.76. The maximum Gasteiger partial charge on any atom is 0.387 e. The molecule has 4 rings (SSSR count). The highest BCUT2D eigenvalue weighted by Crippen LogP contribution is 2.43. The normalized spacial score (nSPS) is 13.5. The Balaban J connectivity index is 1.72. The number of alkyl halides is 2. The zero-order valence-electron chi connectivity index (χ0n) is 24.3. The molecular weight excluding hydrogens is 542 g/mol. The molecule has 12 heteroatoms. The van der Waals surface area contributed by atoms with Crippen LogP contribution in [0.1, 0.15) is 25.2 Å². The second-order valence-electron chi connectivity index (χ2n) is 10.7. The number of benzene rings is 1. The summed E-state index contributed by atoms with van der Waals surface area (Å²) < 4.78 is 31.9. The van der Waals surface area contributed by atoms with E-state index in [9.17, 15) is 13.6 Å². The number of rotatable bonds is 11. The number of nitrogens with one attached hydrogen (secondary N) is 2. The molecule has 0 radical (unpaired) electrons. The average molecular weight is 577 g/mol. The van der Waals surface area contributed by atoms with E-state index in [1.165, 1.54) is 12.1 Å². The molecule has 1 aliphatic heterocycles. The van der Waals surface area contributed by atoms with Gasteiger partial charge in [0.15, 0.2) is 5.75 Å². The summed E-state index contributed by atoms with van der Waals surface area (Å²) in [5.41, 5.74) is 2.96. The quantitative estimate of drug-likeness (QED) is 0.248. The van der Waals surface area contributed by atoms with Crippen molar-refractivity contribution in [3.63, 3.8) is 0 Å². The number of pyridine rings is 1. The van der Waals surface area contributed by atoms with Gasteiger partial charge in [0.1, 0.15) is 11.5 Å². The molecule has 2 N–H and O–H groups in total. The van der Waals surface area contributed by atoms with E-state index in [0.717, 1.165) is 17.5 Å². The number of terminal acetylenes is 1. The molecule has 2 aromatic heterocycles. The minimum absolute atomic E-state index is 0.138. The van der Waals surface area contributed by atoms with E-state index < -0.39 is 12.5 Å². The van der Waals surface area contributed by atoms with Crippen LogP contribution in [0.2, 0.25) is 0 Å². The van der Waals surface area contributed by atoms with Crippen molar-refractivity contribution in [1.29, 1.82) is 0 Å². The highest BCUT2D eigenvalue weighted by Gasteiger charge is 2.38. The van der Waals surface area contributed by atoms with Crippen LogP contribution in [0.4, 0.5) is 43.3 Å². The average Bonchev–Trinajstić information content (AvgIpc) is 3.22. The van der Waals surface area contributed by atoms with Gasteiger partial charge in [-0.2, -0.15) is 13.8 Å². The van der Waals surface area contributed by atoms with Crippen molar-refractivity contribution >= 4 is 40.4 Å². The molecule has 1 aliphatic rings. The number of carbonyl (C=O) groups is 1. The zero-order valence-corrected chi connectivity index (χ0v) is 24.3. The van der Waals surface area contributed by atoms with Gasteiger partial charge in [-0.15, -0.1) is 6.42 Å². The van der Waals surface area contributed by atoms with E-state index in [1.807, 2.05) is 34.9 Å². The van der Waals surface area contributed by atoms with E-state index in [1.54, 1.807) is 25.4 Å². The minimum atomic E-state index is -3.09. The fourth-order valence-corrected chi connectivity index (χ4v) is 4.62. The third-order valence-electron chi connectivity index (χ3n) is 6.72. The van der Waals surface area contributed by atoms with Crippen molar-refractivity contribution in [2.24, 2.45) is 0 Å². The maximum absolute atomic E-state index is 13.5. The molecule has 1 aromatic carbocycles. The van der Waals surface area contributed by atoms with Crippen molar-refractivity contribution in [3.8, 4) is 18.1 Å². The number of hydrogen-bond acceptors (Lipinski definition) is 9. The molecule has 0 saturated carbocycles. The lowest BCUT2D eigenvalue weighted by molar-refractivity contribution is -0.111. The highest BCUT2D eigenvalue weighted by molar-refractivity contribution is 6.02. The molecule has 0 saturated heterocycles. The number of nitrogens with zero attached hydrogens (tertiary/aromatic N) is 6. The molecule has 0 fully saturated rings. The Labute approximate surface area is 244 Å². The van der Waals surface area contributed by atoms with E-state index >= 15 is 0 Å². The van der Waals surface area contributed by atoms with Gasteiger partial charge in [0.05, 0.1) is 28.4 Å². The first-order valence-electron chi connectivity index (χ1n) is 13.2. The number of amides is 1. The van der Waals surface area contributed by atoms with Crippen LogP contribution in [-0.2, 0) is 10.2 Å². The Morgan fingerprint density at radius 1 is 1.21 bits per heavy atom. The standard InChI is InChI=1S/C30H34F2N8O2/c1-8-19-10-11-22-27(34-19)30(3,4)18-40(22)25-12-13-33-29(37-25)36-21-16-20(35-26(41)9-2)23(17-24(21)42-28(31)32)39(7)15-14-38(5)6/h1,9-13,16-17,28H,2,14-15,18H2,3-7H3,(H,35,41)(H,33,36,37). The van der Waals surface area contributed by atoms with Crippen molar-refractivity contribution in [3.05, 3.63) is 60.6 Å². The number of likely N-dealkylation sites (N-methyl/N-ethyl adjacent to an activating group) is 2. The van der Waals surface area contributed by atoms with Gasteiger partial charge in [0.2, 0.25) is 11.9 Å². The minimum Gasteiger partial charge on any atom is -0.433 e. The number of halogens is 2. The SMILES string of the molecule is C#Cc1ccc2c(n1)C(C)(C)CN2c1ccnc(Nc2cc(NC(=O)C=C)c(N(C)CCN(C)C)cc2OC(F)F)n1. The van der Waals surface area contributed by atoms with Crippen LogP contribution in [0.25, 0.3) is 0 Å². The number of ether oxygens (including phenoxy) is 1. The third kappa shape index (κ3) is 6.75. The van der Waals surface area contributed by atoms with Gasteiger partial charge in [-0.25, -0.2) is 9.97 Å². The van der Waals surface area contributed by atoms with Crippen LogP contribution in [-0.4, -0.2) is 73.1 Å². The molecule has 0 aliphatic carbocycles. The fraction of sp³-hybridized carbons (Fsp3) is 0.333. The van der Waals surface area contributed by atoms with E-state index in [0.29, 0.717) is 42.5 Å². The van der Waals surface area contributed by atoms with Gasteiger partial charge in [-0.3, -0.25) is 4.79 Å². The third-order valence-corrected chi connectivity index (χ3v) is 6.72. The van der Waals surface area contributed by atoms with Gasteiger partial charge in [-0.05, 0) is 44.4 Å². The number of fused-ring (bicyclic) bond motifs is 1. The summed E-state index contributed by atoms with van der Waals surface area (Å²) in [5.74, 6) is 2.70. The van der Waals surface area contributed by atoms with Crippen LogP contribution in [0.15, 0.2) is 49.2 Å². The molecular formula is C30H34F2N8O2. The lowest BCUT2D eigenvalue weighted by Gasteiger charge is -2.26. The van der Waals surface area contributed by atoms with Crippen molar-refractivity contribution in [2.45, 2.75) is 25.9 Å². The van der Waals surface area contributed by atoms with Crippen LogP contribution in [0.3, 0.4) is 0 Å². The van der Waals surface area contributed by atoms with Gasteiger partial charge in [0, 0.05) is 44.4 Å². The molecule has 42 heavy (non-hydrogen) atoms. The zero-order chi connectivity index (χ0) is 30.6. The van der Waals surface area contributed by atoms with Crippen LogP contribution >= 0.6 is 0 Å². The molecule has 0 spiro atoms. The second kappa shape index (κ2) is 12.4. The van der Waals surface area contributed by atoms with Crippen LogP contribution in [0, 0.1) is 12.3 Å². The largest absolute Gasteiger partial charge is 0.433 e. The Kier molecular flexibility index (Phi) is 8.92. The van der Waals surface area contributed by atoms with Crippen molar-refractivity contribution < 1.29 is 18.3 Å². The van der Waals surface area contributed by atoms with Gasteiger partial charge in [-0.1, -0.05) is 26.3 Å². The second-order valence-corrected chi connectivity index (χ2v) is 10.7. The maximum atomic E-state index is 13.5. The number of anilines is 6. The molecule has 3 aromatic rings. The number of carbonyl (C=O) groups excluding carboxylic acids is 1. The molecule has 0 atom stereocenters. The molecule has 3 heterocycles. The molecule has 0 bridgehead atoms. The molecule has 0 unspecified atom stereocenters. The summed E-state index contributed by atoms with van der Waals surface area (Å²) in [4.78, 5) is 31.7. The van der Waals surface area contributed by atoms with Crippen LogP contribution < -0.4 is 25.2 Å². The summed E-state index contributed by atoms with van der Waals surface area (Å²) >= 11 is 0. The summed E-state index contributed by atoms with van der Waals surface area (Å²) in [7, 11) is 5.64. The summed E-state index contributed by atoms with van der Waals surface area (Å²) in [6.45, 7) is 6.40. The summed E-state index contributed by atoms with van der Waals surface area (Å²) in [6.07, 6.45) is 8.26. The summed E-state index contributed by atoms with van der Waals surface area (Å²) in [5, 5.41) is 5.76. The van der Waals surface area contributed by atoms with Gasteiger partial charge < -0.3 is 30.1 Å². The van der Waals surface area contributed by atoms with E-state index in [-0.39, 0.29) is 22.8 Å². The van der Waals surface area contributed by atoms with Gasteiger partial charge in [0.25, 0.3) is 0 Å². The Bertz CT molecular complexity index is 1520. The Morgan fingerprint density at radius 3 is 2.64 bits per heavy atom. The van der Waals surface area contributed by atoms with E-state index in [4.69, 9.17) is 11.2 Å². The monoisotopic (exact) mass is 576 g/mol. The lowest BCUT2D eigenvalue weighted by Crippen LogP contribution is -2.29. The number of hydrogen-bond donors (Lipinski definition) is 2. The highest BCUT2D eigenvalue weighted by atomic mass is 19.3. The summed E-state index contributed by atoms with van der Waals surface area (Å²) in [6, 6.07) is 8.39.